The maximum absolute atomic E-state index is 12.6. The van der Waals surface area contributed by atoms with Crippen LogP contribution >= 0.6 is 0 Å². The van der Waals surface area contributed by atoms with Crippen LogP contribution in [0.1, 0.15) is 30.1 Å². The van der Waals surface area contributed by atoms with Crippen molar-refractivity contribution in [2.24, 2.45) is 0 Å². The number of nitrogens with zero attached hydrogens (tertiary/aromatic N) is 3. The van der Waals surface area contributed by atoms with Crippen molar-refractivity contribution in [1.82, 2.24) is 25.1 Å². The third-order valence-electron chi connectivity index (χ3n) is 6.17. The molecular formula is C26H27N5O4. The van der Waals surface area contributed by atoms with Crippen LogP contribution in [0.5, 0.6) is 11.5 Å². The number of fused-ring (bicyclic) bond motifs is 1. The molecule has 0 unspecified atom stereocenters. The summed E-state index contributed by atoms with van der Waals surface area (Å²) in [6.07, 6.45) is 10.8. The number of H-pyrrole nitrogens is 1. The number of rotatable bonds is 8. The minimum atomic E-state index is -0.208. The molecule has 1 fully saturated rings. The predicted octanol–water partition coefficient (Wildman–Crippen LogP) is 3.91. The van der Waals surface area contributed by atoms with E-state index in [2.05, 4.69) is 26.4 Å². The molecule has 1 aliphatic heterocycles. The van der Waals surface area contributed by atoms with Gasteiger partial charge in [0.05, 0.1) is 45.7 Å². The average molecular weight is 474 g/mol. The summed E-state index contributed by atoms with van der Waals surface area (Å²) in [7, 11) is 3.18. The van der Waals surface area contributed by atoms with Crippen LogP contribution in [-0.4, -0.2) is 53.1 Å². The molecular weight excluding hydrogens is 446 g/mol. The fourth-order valence-corrected chi connectivity index (χ4v) is 4.01. The molecule has 9 nitrogen and oxygen atoms in total. The fraction of sp³-hybridized carbons (Fsp3) is 0.269. The molecule has 1 amide bonds. The lowest BCUT2D eigenvalue weighted by Gasteiger charge is -2.25. The van der Waals surface area contributed by atoms with Crippen molar-refractivity contribution in [1.29, 1.82) is 0 Å². The predicted molar refractivity (Wildman–Crippen MR) is 132 cm³/mol. The Kier molecular flexibility index (Phi) is 6.24. The van der Waals surface area contributed by atoms with Crippen molar-refractivity contribution in [2.75, 3.05) is 27.4 Å². The summed E-state index contributed by atoms with van der Waals surface area (Å²) in [6, 6.07) is 7.74. The molecule has 4 heterocycles. The molecule has 1 atom stereocenters. The van der Waals surface area contributed by atoms with Crippen LogP contribution in [0.2, 0.25) is 0 Å². The molecule has 1 aromatic carbocycles. The van der Waals surface area contributed by atoms with E-state index in [0.717, 1.165) is 33.3 Å². The van der Waals surface area contributed by atoms with Crippen molar-refractivity contribution in [3.8, 4) is 22.6 Å². The van der Waals surface area contributed by atoms with Crippen molar-refractivity contribution in [2.45, 2.75) is 19.0 Å². The summed E-state index contributed by atoms with van der Waals surface area (Å²) in [5.74, 6) is 1.07. The number of hydrogen-bond acceptors (Lipinski definition) is 6. The molecule has 2 N–H and O–H groups in total. The molecule has 4 aromatic rings. The topological polar surface area (TPSA) is 103 Å². The second-order valence-electron chi connectivity index (χ2n) is 8.44. The second-order valence-corrected chi connectivity index (χ2v) is 8.44. The largest absolute Gasteiger partial charge is 0.493 e. The molecule has 0 spiro atoms. The Morgan fingerprint density at radius 1 is 1.20 bits per heavy atom. The highest BCUT2D eigenvalue weighted by molar-refractivity contribution is 5.96. The minimum absolute atomic E-state index is 0.199. The third-order valence-corrected chi connectivity index (χ3v) is 6.17. The van der Waals surface area contributed by atoms with Gasteiger partial charge >= 0.3 is 0 Å². The van der Waals surface area contributed by atoms with E-state index < -0.39 is 0 Å². The van der Waals surface area contributed by atoms with Gasteiger partial charge in [0.2, 0.25) is 5.91 Å². The normalized spacial score (nSPS) is 14.7. The first-order valence-corrected chi connectivity index (χ1v) is 11.4. The molecule has 0 bridgehead atoms. The first kappa shape index (κ1) is 22.7. The monoisotopic (exact) mass is 473 g/mol. The van der Waals surface area contributed by atoms with E-state index in [-0.39, 0.29) is 11.9 Å². The number of carbonyl (C=O) groups is 1. The highest BCUT2D eigenvalue weighted by atomic mass is 16.5. The van der Waals surface area contributed by atoms with E-state index >= 15 is 0 Å². The molecule has 0 saturated carbocycles. The second kappa shape index (κ2) is 9.63. The summed E-state index contributed by atoms with van der Waals surface area (Å²) in [6.45, 7) is 3.31. The van der Waals surface area contributed by atoms with Crippen LogP contribution in [0.15, 0.2) is 55.1 Å². The van der Waals surface area contributed by atoms with Gasteiger partial charge < -0.3 is 24.5 Å². The summed E-state index contributed by atoms with van der Waals surface area (Å²) in [5.41, 5.74) is 4.50. The zero-order chi connectivity index (χ0) is 24.4. The van der Waals surface area contributed by atoms with Crippen LogP contribution in [0.25, 0.3) is 28.2 Å². The molecule has 1 aliphatic rings. The van der Waals surface area contributed by atoms with E-state index in [1.54, 1.807) is 20.3 Å². The van der Waals surface area contributed by atoms with E-state index in [4.69, 9.17) is 14.2 Å². The molecule has 180 valence electrons. The highest BCUT2D eigenvalue weighted by Crippen LogP contribution is 2.30. The van der Waals surface area contributed by atoms with E-state index in [0.29, 0.717) is 30.8 Å². The first-order chi connectivity index (χ1) is 17.1. The number of methoxy groups -OCH3 is 2. The highest BCUT2D eigenvalue weighted by Gasteiger charge is 2.21. The molecule has 0 radical (unpaired) electrons. The van der Waals surface area contributed by atoms with Crippen LogP contribution in [0.3, 0.4) is 0 Å². The number of amides is 1. The summed E-state index contributed by atoms with van der Waals surface area (Å²) in [4.78, 5) is 20.3. The maximum atomic E-state index is 12.6. The zero-order valence-corrected chi connectivity index (χ0v) is 19.8. The van der Waals surface area contributed by atoms with Gasteiger partial charge in [0, 0.05) is 46.7 Å². The van der Waals surface area contributed by atoms with Crippen molar-refractivity contribution in [3.05, 3.63) is 66.3 Å². The van der Waals surface area contributed by atoms with Gasteiger partial charge in [-0.15, -0.1) is 0 Å². The number of aromatic amines is 1. The van der Waals surface area contributed by atoms with Crippen LogP contribution in [0.4, 0.5) is 0 Å². The average Bonchev–Trinajstić information content (AvgIpc) is 3.48. The maximum Gasteiger partial charge on any atom is 0.244 e. The molecule has 0 aliphatic carbocycles. The lowest BCUT2D eigenvalue weighted by Crippen LogP contribution is -2.30. The van der Waals surface area contributed by atoms with Crippen molar-refractivity contribution >= 4 is 23.0 Å². The lowest BCUT2D eigenvalue weighted by molar-refractivity contribution is -0.117. The van der Waals surface area contributed by atoms with Crippen LogP contribution in [0, 0.1) is 0 Å². The van der Waals surface area contributed by atoms with Gasteiger partial charge in [0.1, 0.15) is 5.65 Å². The molecule has 9 heteroatoms. The number of aromatic nitrogens is 4. The quantitative estimate of drug-likeness (QED) is 0.376. The zero-order valence-electron chi connectivity index (χ0n) is 19.8. The summed E-state index contributed by atoms with van der Waals surface area (Å²) in [5, 5.41) is 8.37. The Morgan fingerprint density at radius 2 is 2.03 bits per heavy atom. The number of benzene rings is 1. The van der Waals surface area contributed by atoms with Gasteiger partial charge in [0.25, 0.3) is 0 Å². The molecule has 1 saturated heterocycles. The van der Waals surface area contributed by atoms with Gasteiger partial charge in [-0.3, -0.25) is 9.48 Å². The Balaban J connectivity index is 1.30. The number of pyridine rings is 1. The Morgan fingerprint density at radius 3 is 2.77 bits per heavy atom. The lowest BCUT2D eigenvalue weighted by atomic mass is 10.1. The number of nitrogens with one attached hydrogen (secondary N) is 2. The summed E-state index contributed by atoms with van der Waals surface area (Å²) >= 11 is 0. The van der Waals surface area contributed by atoms with Crippen LogP contribution in [-0.2, 0) is 9.53 Å². The van der Waals surface area contributed by atoms with Gasteiger partial charge in [-0.1, -0.05) is 6.07 Å². The molecule has 3 aromatic heterocycles. The summed E-state index contributed by atoms with van der Waals surface area (Å²) < 4.78 is 17.8. The fourth-order valence-electron chi connectivity index (χ4n) is 4.01. The third kappa shape index (κ3) is 4.63. The van der Waals surface area contributed by atoms with Crippen molar-refractivity contribution < 1.29 is 19.0 Å². The Hall–Kier alpha value is -4.11. The standard InChI is InChI=1S/C26H27N5O4/c1-16(17-4-6-23(33-2)24(9-17)34-3)30-25(32)7-5-18-10-27-26-22(18)8-19(11-28-26)20-12-29-31(13-20)21-14-35-15-21/h4-13,16,21H,14-15H2,1-3H3,(H,27,28)(H,30,32)/b7-5+/t16-/m1/s1. The Labute approximate surface area is 202 Å². The SMILES string of the molecule is COc1ccc([C@@H](C)NC(=O)/C=C/c2c[nH]c3ncc(-c4cnn(C5COC5)c4)cc23)cc1OC. The number of carbonyl (C=O) groups excluding carboxylic acids is 1. The van der Waals surface area contributed by atoms with Gasteiger partial charge in [-0.05, 0) is 36.8 Å². The van der Waals surface area contributed by atoms with E-state index in [9.17, 15) is 4.79 Å². The van der Waals surface area contributed by atoms with Crippen molar-refractivity contribution in [3.63, 3.8) is 0 Å². The number of hydrogen-bond donors (Lipinski definition) is 2. The number of ether oxygens (including phenoxy) is 3. The van der Waals surface area contributed by atoms with Gasteiger partial charge in [-0.25, -0.2) is 4.98 Å². The van der Waals surface area contributed by atoms with E-state index in [1.165, 1.54) is 6.08 Å². The smallest absolute Gasteiger partial charge is 0.244 e. The van der Waals surface area contributed by atoms with Gasteiger partial charge in [-0.2, -0.15) is 5.10 Å². The van der Waals surface area contributed by atoms with Crippen LogP contribution < -0.4 is 14.8 Å². The Bertz CT molecular complexity index is 1390. The molecule has 5 rings (SSSR count). The minimum Gasteiger partial charge on any atom is -0.493 e. The van der Waals surface area contributed by atoms with E-state index in [1.807, 2.05) is 54.6 Å². The molecule has 35 heavy (non-hydrogen) atoms. The van der Waals surface area contributed by atoms with Gasteiger partial charge in [0.15, 0.2) is 11.5 Å². The first-order valence-electron chi connectivity index (χ1n) is 11.4.